The van der Waals surface area contributed by atoms with Gasteiger partial charge in [0.1, 0.15) is 0 Å². The maximum Gasteiger partial charge on any atom is 0.155 e. The van der Waals surface area contributed by atoms with Crippen LogP contribution in [0.4, 0.5) is 0 Å². The number of carbonyl (C=O) groups excluding carboxylic acids is 1. The van der Waals surface area contributed by atoms with Gasteiger partial charge >= 0.3 is 0 Å². The van der Waals surface area contributed by atoms with Crippen molar-refractivity contribution < 1.29 is 4.79 Å². The Bertz CT molecular complexity index is 156. The molecule has 56 valence electrons. The third-order valence-electron chi connectivity index (χ3n) is 1.90. The molecule has 1 heteroatoms. The van der Waals surface area contributed by atoms with E-state index in [2.05, 4.69) is 0 Å². The highest BCUT2D eigenvalue weighted by Gasteiger charge is 2.02. The maximum atomic E-state index is 11.0. The zero-order chi connectivity index (χ0) is 7.40. The molecule has 1 rings (SSSR count). The minimum atomic E-state index is 0.317. The zero-order valence-electron chi connectivity index (χ0n) is 6.52. The summed E-state index contributed by atoms with van der Waals surface area (Å²) in [6.45, 7) is 2.04. The number of hydrogen-bond acceptors (Lipinski definition) is 1. The van der Waals surface area contributed by atoms with Gasteiger partial charge in [0.05, 0.1) is 0 Å². The lowest BCUT2D eigenvalue weighted by atomic mass is 10.0. The number of allylic oxidation sites excluding steroid dienone is 2. The van der Waals surface area contributed by atoms with Crippen LogP contribution in [0.15, 0.2) is 11.6 Å². The van der Waals surface area contributed by atoms with E-state index < -0.39 is 0 Å². The highest BCUT2D eigenvalue weighted by Crippen LogP contribution is 2.13. The van der Waals surface area contributed by atoms with Gasteiger partial charge in [0, 0.05) is 6.42 Å². The van der Waals surface area contributed by atoms with Gasteiger partial charge in [-0.2, -0.15) is 0 Å². The van der Waals surface area contributed by atoms with Crippen molar-refractivity contribution >= 4 is 5.78 Å². The lowest BCUT2D eigenvalue weighted by molar-refractivity contribution is -0.114. The average molecular weight is 138 g/mol. The van der Waals surface area contributed by atoms with Gasteiger partial charge in [0.15, 0.2) is 5.78 Å². The van der Waals surface area contributed by atoms with Crippen LogP contribution in [0, 0.1) is 0 Å². The largest absolute Gasteiger partial charge is 0.295 e. The number of rotatable bonds is 0. The van der Waals surface area contributed by atoms with Crippen LogP contribution in [0.2, 0.25) is 0 Å². The van der Waals surface area contributed by atoms with Crippen molar-refractivity contribution in [2.45, 2.75) is 39.0 Å². The van der Waals surface area contributed by atoms with Crippen molar-refractivity contribution in [3.8, 4) is 0 Å². The third-order valence-corrected chi connectivity index (χ3v) is 1.90. The van der Waals surface area contributed by atoms with Crippen molar-refractivity contribution in [1.82, 2.24) is 0 Å². The quantitative estimate of drug-likeness (QED) is 0.502. The maximum absolute atomic E-state index is 11.0. The summed E-state index contributed by atoms with van der Waals surface area (Å²) in [6.07, 6.45) is 7.25. The molecule has 0 heterocycles. The summed E-state index contributed by atoms with van der Waals surface area (Å²) in [4.78, 5) is 11.0. The molecule has 0 amide bonds. The molecule has 0 N–H and O–H groups in total. The Labute approximate surface area is 62.1 Å². The first-order valence-electron chi connectivity index (χ1n) is 3.99. The molecule has 0 aromatic heterocycles. The Morgan fingerprint density at radius 3 is 2.70 bits per heavy atom. The van der Waals surface area contributed by atoms with Crippen LogP contribution in [0.25, 0.3) is 0 Å². The fourth-order valence-electron chi connectivity index (χ4n) is 1.30. The van der Waals surface area contributed by atoms with Crippen LogP contribution in [-0.4, -0.2) is 5.78 Å². The highest BCUT2D eigenvalue weighted by atomic mass is 16.1. The molecule has 0 radical (unpaired) electrons. The minimum absolute atomic E-state index is 0.317. The molecule has 0 saturated heterocycles. The standard InChI is InChI=1S/C9H14O/c1-8-5-3-2-4-6-9(10)7-8/h7H,2-6H2,1H3. The molecule has 0 fully saturated rings. The summed E-state index contributed by atoms with van der Waals surface area (Å²) in [7, 11) is 0. The molecule has 0 unspecified atom stereocenters. The molecule has 10 heavy (non-hydrogen) atoms. The smallest absolute Gasteiger partial charge is 0.155 e. The molecule has 1 aliphatic rings. The van der Waals surface area contributed by atoms with Gasteiger partial charge in [-0.05, 0) is 32.3 Å². The van der Waals surface area contributed by atoms with Gasteiger partial charge in [-0.25, -0.2) is 0 Å². The van der Waals surface area contributed by atoms with Gasteiger partial charge in [-0.1, -0.05) is 12.0 Å². The predicted molar refractivity (Wildman–Crippen MR) is 41.8 cm³/mol. The van der Waals surface area contributed by atoms with E-state index in [0.717, 1.165) is 19.3 Å². The summed E-state index contributed by atoms with van der Waals surface area (Å²) >= 11 is 0. The second-order valence-corrected chi connectivity index (χ2v) is 3.02. The molecule has 0 aromatic rings. The Morgan fingerprint density at radius 1 is 1.20 bits per heavy atom. The summed E-state index contributed by atoms with van der Waals surface area (Å²) in [6, 6.07) is 0. The molecular weight excluding hydrogens is 124 g/mol. The van der Waals surface area contributed by atoms with Gasteiger partial charge in [0.2, 0.25) is 0 Å². The molecule has 0 saturated carbocycles. The summed E-state index contributed by atoms with van der Waals surface area (Å²) in [5.74, 6) is 0.317. The van der Waals surface area contributed by atoms with Gasteiger partial charge in [0.25, 0.3) is 0 Å². The fourth-order valence-corrected chi connectivity index (χ4v) is 1.30. The number of hydrogen-bond donors (Lipinski definition) is 0. The van der Waals surface area contributed by atoms with Crippen LogP contribution < -0.4 is 0 Å². The van der Waals surface area contributed by atoms with Crippen LogP contribution in [0.1, 0.15) is 39.0 Å². The van der Waals surface area contributed by atoms with E-state index in [1.54, 1.807) is 6.08 Å². The Balaban J connectivity index is 2.55. The van der Waals surface area contributed by atoms with Crippen molar-refractivity contribution in [2.75, 3.05) is 0 Å². The Morgan fingerprint density at radius 2 is 1.90 bits per heavy atom. The molecule has 0 bridgehead atoms. The second-order valence-electron chi connectivity index (χ2n) is 3.02. The van der Waals surface area contributed by atoms with Crippen molar-refractivity contribution in [3.05, 3.63) is 11.6 Å². The zero-order valence-corrected chi connectivity index (χ0v) is 6.52. The van der Waals surface area contributed by atoms with Crippen molar-refractivity contribution in [2.24, 2.45) is 0 Å². The topological polar surface area (TPSA) is 17.1 Å². The van der Waals surface area contributed by atoms with Crippen LogP contribution in [0.5, 0.6) is 0 Å². The van der Waals surface area contributed by atoms with E-state index in [-0.39, 0.29) is 0 Å². The molecular formula is C9H14O. The Kier molecular flexibility index (Phi) is 2.67. The van der Waals surface area contributed by atoms with Gasteiger partial charge < -0.3 is 0 Å². The summed E-state index contributed by atoms with van der Waals surface area (Å²) in [5.41, 5.74) is 1.25. The minimum Gasteiger partial charge on any atom is -0.295 e. The van der Waals surface area contributed by atoms with Crippen LogP contribution >= 0.6 is 0 Å². The van der Waals surface area contributed by atoms with Crippen LogP contribution in [-0.2, 0) is 4.79 Å². The molecule has 0 aromatic carbocycles. The van der Waals surface area contributed by atoms with E-state index in [1.807, 2.05) is 6.92 Å². The monoisotopic (exact) mass is 138 g/mol. The average Bonchev–Trinajstić information content (AvgIpc) is 1.83. The van der Waals surface area contributed by atoms with Crippen molar-refractivity contribution in [3.63, 3.8) is 0 Å². The molecule has 0 aliphatic heterocycles. The lowest BCUT2D eigenvalue weighted by Gasteiger charge is -2.05. The van der Waals surface area contributed by atoms with Gasteiger partial charge in [-0.3, -0.25) is 4.79 Å². The SMILES string of the molecule is CC1=CC(=O)CCCCC1. The van der Waals surface area contributed by atoms with Gasteiger partial charge in [-0.15, -0.1) is 0 Å². The summed E-state index contributed by atoms with van der Waals surface area (Å²) in [5, 5.41) is 0. The van der Waals surface area contributed by atoms with E-state index in [4.69, 9.17) is 0 Å². The normalized spacial score (nSPS) is 21.3. The molecule has 0 spiro atoms. The van der Waals surface area contributed by atoms with E-state index >= 15 is 0 Å². The first kappa shape index (κ1) is 7.52. The van der Waals surface area contributed by atoms with Crippen molar-refractivity contribution in [1.29, 1.82) is 0 Å². The van der Waals surface area contributed by atoms with Crippen LogP contribution in [0.3, 0.4) is 0 Å². The predicted octanol–water partition coefficient (Wildman–Crippen LogP) is 2.47. The lowest BCUT2D eigenvalue weighted by Crippen LogP contribution is -1.97. The fraction of sp³-hybridized carbons (Fsp3) is 0.667. The van der Waals surface area contributed by atoms with E-state index in [1.165, 1.54) is 18.4 Å². The Hall–Kier alpha value is -0.590. The molecule has 1 aliphatic carbocycles. The first-order chi connectivity index (χ1) is 4.79. The van der Waals surface area contributed by atoms with E-state index in [9.17, 15) is 4.79 Å². The number of ketones is 1. The second kappa shape index (κ2) is 3.55. The number of carbonyl (C=O) groups is 1. The molecule has 1 nitrogen and oxygen atoms in total. The van der Waals surface area contributed by atoms with E-state index in [0.29, 0.717) is 5.78 Å². The molecule has 0 atom stereocenters. The highest BCUT2D eigenvalue weighted by molar-refractivity contribution is 5.90. The first-order valence-corrected chi connectivity index (χ1v) is 3.99. The summed E-state index contributed by atoms with van der Waals surface area (Å²) < 4.78 is 0. The third kappa shape index (κ3) is 2.34.